The van der Waals surface area contributed by atoms with Crippen molar-refractivity contribution in [1.82, 2.24) is 0 Å². The van der Waals surface area contributed by atoms with Crippen molar-refractivity contribution in [3.05, 3.63) is 120 Å². The molecule has 162 valence electrons. The zero-order valence-corrected chi connectivity index (χ0v) is 19.3. The first-order chi connectivity index (χ1) is 15.5. The van der Waals surface area contributed by atoms with Gasteiger partial charge in [-0.25, -0.2) is 0 Å². The number of halogens is 1. The number of carbonyl (C=O) groups is 1. The number of methoxy groups -OCH3 is 1. The van der Waals surface area contributed by atoms with Crippen LogP contribution < -0.4 is 15.9 Å². The van der Waals surface area contributed by atoms with Crippen molar-refractivity contribution in [3.8, 4) is 5.75 Å². The molecule has 0 spiro atoms. The van der Waals surface area contributed by atoms with Crippen molar-refractivity contribution in [1.29, 1.82) is 0 Å². The number of esters is 1. The van der Waals surface area contributed by atoms with Crippen molar-refractivity contribution < 1.29 is 14.6 Å². The van der Waals surface area contributed by atoms with E-state index >= 15 is 0 Å². The van der Waals surface area contributed by atoms with Gasteiger partial charge in [-0.05, 0) is 0 Å². The summed E-state index contributed by atoms with van der Waals surface area (Å²) in [5, 5.41) is 13.8. The Morgan fingerprint density at radius 3 is 1.62 bits per heavy atom. The first kappa shape index (κ1) is 22.1. The first-order valence-electron chi connectivity index (χ1n) is 10.3. The predicted molar refractivity (Wildman–Crippen MR) is 134 cm³/mol. The molecular weight excluding hydrogens is 439 g/mol. The van der Waals surface area contributed by atoms with Gasteiger partial charge in [-0.2, -0.15) is 0 Å². The van der Waals surface area contributed by atoms with E-state index in [4.69, 9.17) is 16.0 Å². The number of hydrogen-bond acceptors (Lipinski definition) is 3. The molecule has 0 aliphatic carbocycles. The molecule has 0 fully saturated rings. The van der Waals surface area contributed by atoms with Crippen LogP contribution in [-0.4, -0.2) is 18.2 Å². The Labute approximate surface area is 193 Å². The minimum absolute atomic E-state index is 0.0927. The van der Waals surface area contributed by atoms with Crippen molar-refractivity contribution >= 4 is 39.1 Å². The first-order valence-corrected chi connectivity index (χ1v) is 13.6. The van der Waals surface area contributed by atoms with Crippen LogP contribution in [0, 0.1) is 0 Å². The van der Waals surface area contributed by atoms with Crippen LogP contribution in [0.1, 0.15) is 15.9 Å². The van der Waals surface area contributed by atoms with Gasteiger partial charge in [0.2, 0.25) is 0 Å². The quantitative estimate of drug-likeness (QED) is 0.310. The summed E-state index contributed by atoms with van der Waals surface area (Å²) in [6.07, 6.45) is 0.335. The molecule has 0 atom stereocenters. The topological polar surface area (TPSA) is 46.5 Å². The van der Waals surface area contributed by atoms with Crippen LogP contribution in [0.4, 0.5) is 0 Å². The minimum atomic E-state index is -3.62. The summed E-state index contributed by atoms with van der Waals surface area (Å²) < 4.78 is 4.90. The normalized spacial score (nSPS) is 12.5. The van der Waals surface area contributed by atoms with Gasteiger partial charge in [0.25, 0.3) is 0 Å². The van der Waals surface area contributed by atoms with Gasteiger partial charge in [0, 0.05) is 0 Å². The summed E-state index contributed by atoms with van der Waals surface area (Å²) in [6, 6.07) is 34.8. The van der Waals surface area contributed by atoms with E-state index < -0.39 is 11.9 Å². The van der Waals surface area contributed by atoms with E-state index in [0.29, 0.717) is 17.3 Å². The summed E-state index contributed by atoms with van der Waals surface area (Å²) in [5.41, 5.74) is 0.966. The monoisotopic (exact) mass is 462 g/mol. The predicted octanol–water partition coefficient (Wildman–Crippen LogP) is 5.36. The van der Waals surface area contributed by atoms with Crippen LogP contribution in [-0.2, 0) is 10.9 Å². The fraction of sp³-hybridized carbons (Fsp3) is 0.0741. The Bertz CT molecular complexity index is 1130. The number of hydrogen-bond donors (Lipinski definition) is 1. The van der Waals surface area contributed by atoms with E-state index in [9.17, 15) is 9.90 Å². The Balaban J connectivity index is 2.07. The van der Waals surface area contributed by atoms with Crippen LogP contribution in [0.3, 0.4) is 0 Å². The SMILES string of the molecule is COC(=O)c1ccc(O)c(CP(Cl)(c2ccccc2)(c2ccccc2)c2ccccc2)c1. The second-order valence-corrected chi connectivity index (χ2v) is 14.2. The molecule has 0 saturated heterocycles. The third kappa shape index (κ3) is 3.68. The number of rotatable bonds is 6. The van der Waals surface area contributed by atoms with Gasteiger partial charge < -0.3 is 0 Å². The second-order valence-electron chi connectivity index (χ2n) is 7.68. The fourth-order valence-corrected chi connectivity index (χ4v) is 10.3. The van der Waals surface area contributed by atoms with Crippen LogP contribution in [0.25, 0.3) is 0 Å². The van der Waals surface area contributed by atoms with Crippen molar-refractivity contribution in [3.63, 3.8) is 0 Å². The second kappa shape index (κ2) is 8.78. The summed E-state index contributed by atoms with van der Waals surface area (Å²) >= 11 is 8.05. The number of ether oxygens (including phenoxy) is 1. The number of carbonyl (C=O) groups excluding carboxylic acids is 1. The van der Waals surface area contributed by atoms with Crippen LogP contribution in [0.5, 0.6) is 5.75 Å². The van der Waals surface area contributed by atoms with Crippen LogP contribution in [0.2, 0.25) is 0 Å². The zero-order valence-electron chi connectivity index (χ0n) is 17.7. The van der Waals surface area contributed by atoms with Gasteiger partial charge >= 0.3 is 193 Å². The van der Waals surface area contributed by atoms with E-state index in [2.05, 4.69) is 0 Å². The van der Waals surface area contributed by atoms with Crippen LogP contribution in [0.15, 0.2) is 109 Å². The molecule has 3 nitrogen and oxygen atoms in total. The van der Waals surface area contributed by atoms with Gasteiger partial charge in [0.1, 0.15) is 0 Å². The van der Waals surface area contributed by atoms with Crippen LogP contribution >= 0.6 is 17.2 Å². The molecule has 0 aliphatic heterocycles. The molecule has 1 N–H and O–H groups in total. The molecule has 5 heteroatoms. The summed E-state index contributed by atoms with van der Waals surface area (Å²) in [6.45, 7) is 0. The Hall–Kier alpha value is -3.13. The van der Waals surface area contributed by atoms with E-state index in [1.807, 2.05) is 91.0 Å². The molecule has 0 saturated carbocycles. The summed E-state index contributed by atoms with van der Waals surface area (Å²) in [5.74, 6) is -3.99. The van der Waals surface area contributed by atoms with E-state index in [1.165, 1.54) is 13.2 Å². The number of aromatic hydroxyl groups is 1. The number of phenolic OH excluding ortho intramolecular Hbond substituents is 1. The molecule has 32 heavy (non-hydrogen) atoms. The van der Waals surface area contributed by atoms with Gasteiger partial charge in [-0.3, -0.25) is 0 Å². The zero-order chi connectivity index (χ0) is 22.6. The van der Waals surface area contributed by atoms with Crippen molar-refractivity contribution in [2.75, 3.05) is 7.11 Å². The summed E-state index contributed by atoms with van der Waals surface area (Å²) in [4.78, 5) is 12.2. The molecule has 0 unspecified atom stereocenters. The average molecular weight is 463 g/mol. The fourth-order valence-electron chi connectivity index (χ4n) is 4.21. The molecule has 0 radical (unpaired) electrons. The van der Waals surface area contributed by atoms with E-state index in [0.717, 1.165) is 15.9 Å². The maximum absolute atomic E-state index is 12.2. The van der Waals surface area contributed by atoms with Crippen molar-refractivity contribution in [2.24, 2.45) is 0 Å². The van der Waals surface area contributed by atoms with Gasteiger partial charge in [-0.15, -0.1) is 0 Å². The van der Waals surface area contributed by atoms with Gasteiger partial charge in [0.05, 0.1) is 0 Å². The molecule has 4 rings (SSSR count). The van der Waals surface area contributed by atoms with Crippen molar-refractivity contribution in [2.45, 2.75) is 6.16 Å². The third-order valence-electron chi connectivity index (χ3n) is 5.85. The molecule has 0 bridgehead atoms. The molecular formula is C27H24ClO3P. The number of phenols is 1. The van der Waals surface area contributed by atoms with Gasteiger partial charge in [0.15, 0.2) is 0 Å². The standard InChI is InChI=1S/C27H24ClO3P/c1-31-27(30)21-17-18-26(29)22(19-21)20-32(28,23-11-5-2-6-12-23,24-13-7-3-8-14-24)25-15-9-4-10-16-25/h2-19,29H,20H2,1H3. The Morgan fingerprint density at radius 1 is 0.781 bits per heavy atom. The molecule has 0 aromatic heterocycles. The molecule has 0 amide bonds. The molecule has 0 heterocycles. The average Bonchev–Trinajstić information content (AvgIpc) is 2.86. The molecule has 4 aromatic rings. The molecule has 4 aromatic carbocycles. The third-order valence-corrected chi connectivity index (χ3v) is 13.0. The Kier molecular flexibility index (Phi) is 6.06. The van der Waals surface area contributed by atoms with E-state index in [-0.39, 0.29) is 5.75 Å². The summed E-state index contributed by atoms with van der Waals surface area (Å²) in [7, 11) is 1.34. The Morgan fingerprint density at radius 2 is 1.22 bits per heavy atom. The van der Waals surface area contributed by atoms with E-state index in [1.54, 1.807) is 12.1 Å². The molecule has 0 aliphatic rings. The maximum atomic E-state index is 12.2. The number of benzene rings is 4. The van der Waals surface area contributed by atoms with Gasteiger partial charge in [-0.1, -0.05) is 0 Å².